The fraction of sp³-hybridized carbons (Fsp3) is 0.600. The van der Waals surface area contributed by atoms with Crippen LogP contribution in [0.4, 0.5) is 0 Å². The lowest BCUT2D eigenvalue weighted by molar-refractivity contribution is 0.00327. The van der Waals surface area contributed by atoms with E-state index in [9.17, 15) is 4.79 Å². The molecule has 2 fully saturated rings. The van der Waals surface area contributed by atoms with Gasteiger partial charge in [0.2, 0.25) is 0 Å². The number of hydrogen-bond donors (Lipinski definition) is 1. The van der Waals surface area contributed by atoms with Crippen molar-refractivity contribution in [1.82, 2.24) is 19.7 Å². The van der Waals surface area contributed by atoms with Crippen molar-refractivity contribution < 1.29 is 4.74 Å². The van der Waals surface area contributed by atoms with E-state index in [1.807, 2.05) is 30.3 Å². The Morgan fingerprint density at radius 3 is 2.59 bits per heavy atom. The van der Waals surface area contributed by atoms with Gasteiger partial charge in [-0.05, 0) is 63.2 Å². The first-order valence-corrected chi connectivity index (χ1v) is 9.88. The minimum absolute atomic E-state index is 0. The Labute approximate surface area is 166 Å². The van der Waals surface area contributed by atoms with E-state index in [4.69, 9.17) is 9.84 Å². The minimum atomic E-state index is -0.0469. The Morgan fingerprint density at radius 2 is 1.89 bits per heavy atom. The Kier molecular flexibility index (Phi) is 7.10. The van der Waals surface area contributed by atoms with Crippen LogP contribution in [0.2, 0.25) is 0 Å². The van der Waals surface area contributed by atoms with Gasteiger partial charge in [-0.25, -0.2) is 14.0 Å². The maximum Gasteiger partial charge on any atom is 0.350 e. The largest absolute Gasteiger partial charge is 0.376 e. The van der Waals surface area contributed by atoms with Crippen molar-refractivity contribution in [2.45, 2.75) is 51.2 Å². The number of rotatable bonds is 5. The smallest absolute Gasteiger partial charge is 0.350 e. The van der Waals surface area contributed by atoms with Crippen LogP contribution >= 0.6 is 12.4 Å². The van der Waals surface area contributed by atoms with Gasteiger partial charge in [-0.2, -0.15) is 5.10 Å². The van der Waals surface area contributed by atoms with E-state index in [2.05, 4.69) is 5.32 Å². The van der Waals surface area contributed by atoms with E-state index in [-0.39, 0.29) is 24.2 Å². The SMILES string of the molecule is Cl.O=c1n(CC2CCCCO2)nc(CC2CCNCC2)n1-c1ccccc1. The first kappa shape index (κ1) is 20.1. The third-order valence-corrected chi connectivity index (χ3v) is 5.50. The zero-order valence-electron chi connectivity index (χ0n) is 15.7. The summed E-state index contributed by atoms with van der Waals surface area (Å²) in [5.74, 6) is 1.46. The molecule has 0 aliphatic carbocycles. The second kappa shape index (κ2) is 9.53. The van der Waals surface area contributed by atoms with Gasteiger partial charge in [0.1, 0.15) is 5.82 Å². The molecule has 148 valence electrons. The number of ether oxygens (including phenoxy) is 1. The van der Waals surface area contributed by atoms with Crippen molar-refractivity contribution >= 4 is 12.4 Å². The number of benzene rings is 1. The molecule has 2 aromatic rings. The second-order valence-electron chi connectivity index (χ2n) is 7.44. The Morgan fingerprint density at radius 1 is 1.11 bits per heavy atom. The monoisotopic (exact) mass is 392 g/mol. The lowest BCUT2D eigenvalue weighted by atomic mass is 9.94. The highest BCUT2D eigenvalue weighted by Crippen LogP contribution is 2.19. The summed E-state index contributed by atoms with van der Waals surface area (Å²) in [7, 11) is 0. The van der Waals surface area contributed by atoms with Crippen molar-refractivity contribution in [3.8, 4) is 5.69 Å². The number of halogens is 1. The molecule has 0 saturated carbocycles. The summed E-state index contributed by atoms with van der Waals surface area (Å²) >= 11 is 0. The number of nitrogens with one attached hydrogen (secondary N) is 1. The van der Waals surface area contributed by atoms with Gasteiger partial charge in [0.15, 0.2) is 0 Å². The van der Waals surface area contributed by atoms with Gasteiger partial charge in [0, 0.05) is 13.0 Å². The van der Waals surface area contributed by atoms with Gasteiger partial charge in [-0.15, -0.1) is 12.4 Å². The van der Waals surface area contributed by atoms with Gasteiger partial charge >= 0.3 is 5.69 Å². The van der Waals surface area contributed by atoms with Crippen molar-refractivity contribution in [2.24, 2.45) is 5.92 Å². The van der Waals surface area contributed by atoms with E-state index in [1.165, 1.54) is 6.42 Å². The Hall–Kier alpha value is -1.63. The summed E-state index contributed by atoms with van der Waals surface area (Å²) in [6, 6.07) is 9.88. The number of piperidine rings is 1. The molecule has 4 rings (SSSR count). The summed E-state index contributed by atoms with van der Waals surface area (Å²) in [6.45, 7) is 3.45. The van der Waals surface area contributed by atoms with Crippen molar-refractivity contribution in [3.05, 3.63) is 46.6 Å². The fourth-order valence-corrected chi connectivity index (χ4v) is 4.03. The molecule has 27 heavy (non-hydrogen) atoms. The van der Waals surface area contributed by atoms with Gasteiger partial charge in [0.25, 0.3) is 0 Å². The number of para-hydroxylation sites is 1. The molecule has 3 heterocycles. The summed E-state index contributed by atoms with van der Waals surface area (Å²) in [5.41, 5.74) is 0.853. The predicted molar refractivity (Wildman–Crippen MR) is 108 cm³/mol. The van der Waals surface area contributed by atoms with Crippen molar-refractivity contribution in [2.75, 3.05) is 19.7 Å². The maximum atomic E-state index is 13.1. The summed E-state index contributed by atoms with van der Waals surface area (Å²) < 4.78 is 9.25. The third-order valence-electron chi connectivity index (χ3n) is 5.50. The highest BCUT2D eigenvalue weighted by Gasteiger charge is 2.23. The minimum Gasteiger partial charge on any atom is -0.376 e. The van der Waals surface area contributed by atoms with Crippen LogP contribution in [0, 0.1) is 5.92 Å². The molecule has 1 N–H and O–H groups in total. The molecule has 2 aliphatic rings. The van der Waals surface area contributed by atoms with Crippen LogP contribution in [-0.2, 0) is 17.7 Å². The first-order valence-electron chi connectivity index (χ1n) is 9.88. The third kappa shape index (κ3) is 4.81. The molecule has 0 bridgehead atoms. The molecule has 2 saturated heterocycles. The number of nitrogens with zero attached hydrogens (tertiary/aromatic N) is 3. The van der Waals surface area contributed by atoms with Crippen LogP contribution in [-0.4, -0.2) is 40.1 Å². The topological polar surface area (TPSA) is 61.1 Å². The van der Waals surface area contributed by atoms with Gasteiger partial charge in [-0.3, -0.25) is 0 Å². The molecule has 1 atom stereocenters. The lowest BCUT2D eigenvalue weighted by Crippen LogP contribution is -2.32. The molecular weight excluding hydrogens is 364 g/mol. The number of hydrogen-bond acceptors (Lipinski definition) is 4. The molecule has 7 heteroatoms. The highest BCUT2D eigenvalue weighted by molar-refractivity contribution is 5.85. The lowest BCUT2D eigenvalue weighted by Gasteiger charge is -2.22. The van der Waals surface area contributed by atoms with Crippen LogP contribution in [0.15, 0.2) is 35.1 Å². The highest BCUT2D eigenvalue weighted by atomic mass is 35.5. The molecule has 6 nitrogen and oxygen atoms in total. The molecule has 0 amide bonds. The van der Waals surface area contributed by atoms with Crippen LogP contribution in [0.1, 0.15) is 37.9 Å². The van der Waals surface area contributed by atoms with E-state index < -0.39 is 0 Å². The number of aromatic nitrogens is 3. The van der Waals surface area contributed by atoms with Crippen molar-refractivity contribution in [1.29, 1.82) is 0 Å². The molecule has 0 radical (unpaired) electrons. The standard InChI is InChI=1S/C20H28N4O2.ClH/c25-20-23(15-18-8-4-5-13-26-18)22-19(14-16-9-11-21-12-10-16)24(20)17-6-2-1-3-7-17;/h1-3,6-7,16,18,21H,4-5,8-15H2;1H. The van der Waals surface area contributed by atoms with E-state index in [0.717, 1.165) is 63.3 Å². The van der Waals surface area contributed by atoms with Crippen molar-refractivity contribution in [3.63, 3.8) is 0 Å². The van der Waals surface area contributed by atoms with E-state index in [0.29, 0.717) is 12.5 Å². The molecule has 1 aromatic carbocycles. The summed E-state index contributed by atoms with van der Waals surface area (Å²) in [6.07, 6.45) is 6.53. The Balaban J connectivity index is 0.00000210. The summed E-state index contributed by atoms with van der Waals surface area (Å²) in [4.78, 5) is 13.1. The van der Waals surface area contributed by atoms with Crippen LogP contribution in [0.5, 0.6) is 0 Å². The first-order chi connectivity index (χ1) is 12.8. The average Bonchev–Trinajstić information content (AvgIpc) is 2.99. The van der Waals surface area contributed by atoms with Gasteiger partial charge < -0.3 is 10.1 Å². The normalized spacial score (nSPS) is 21.0. The van der Waals surface area contributed by atoms with Crippen LogP contribution in [0.3, 0.4) is 0 Å². The van der Waals surface area contributed by atoms with E-state index in [1.54, 1.807) is 9.25 Å². The van der Waals surface area contributed by atoms with Gasteiger partial charge in [-0.1, -0.05) is 18.2 Å². The van der Waals surface area contributed by atoms with Gasteiger partial charge in [0.05, 0.1) is 18.3 Å². The van der Waals surface area contributed by atoms with E-state index >= 15 is 0 Å². The Bertz CT molecular complexity index is 762. The quantitative estimate of drug-likeness (QED) is 0.849. The fourth-order valence-electron chi connectivity index (χ4n) is 4.03. The molecule has 1 aromatic heterocycles. The molecular formula is C20H29ClN4O2. The zero-order chi connectivity index (χ0) is 17.8. The second-order valence-corrected chi connectivity index (χ2v) is 7.44. The molecule has 0 spiro atoms. The van der Waals surface area contributed by atoms with Crippen LogP contribution in [0.25, 0.3) is 5.69 Å². The zero-order valence-corrected chi connectivity index (χ0v) is 16.5. The predicted octanol–water partition coefficient (Wildman–Crippen LogP) is 2.57. The maximum absolute atomic E-state index is 13.1. The summed E-state index contributed by atoms with van der Waals surface area (Å²) in [5, 5.41) is 8.15. The molecule has 2 aliphatic heterocycles. The average molecular weight is 393 g/mol. The molecule has 1 unspecified atom stereocenters. The van der Waals surface area contributed by atoms with Crippen LogP contribution < -0.4 is 11.0 Å².